The summed E-state index contributed by atoms with van der Waals surface area (Å²) in [7, 11) is 0. The van der Waals surface area contributed by atoms with E-state index in [1.807, 2.05) is 22.4 Å². The molecule has 0 saturated carbocycles. The minimum atomic E-state index is -0.471. The summed E-state index contributed by atoms with van der Waals surface area (Å²) >= 11 is 1.55. The van der Waals surface area contributed by atoms with Crippen molar-refractivity contribution in [3.8, 4) is 0 Å². The normalized spacial score (nSPS) is 22.1. The van der Waals surface area contributed by atoms with Gasteiger partial charge in [-0.2, -0.15) is 0 Å². The van der Waals surface area contributed by atoms with Crippen LogP contribution in [0.1, 0.15) is 31.2 Å². The number of amides is 1. The van der Waals surface area contributed by atoms with Crippen LogP contribution in [0.25, 0.3) is 0 Å². The van der Waals surface area contributed by atoms with E-state index in [2.05, 4.69) is 13.8 Å². The Labute approximate surface area is 107 Å². The zero-order chi connectivity index (χ0) is 12.4. The molecule has 1 amide bonds. The molecule has 1 aromatic heterocycles. The number of hydrogen-bond acceptors (Lipinski definition) is 3. The molecule has 1 aliphatic heterocycles. The lowest BCUT2D eigenvalue weighted by Crippen LogP contribution is -2.37. The molecule has 2 unspecified atom stereocenters. The summed E-state index contributed by atoms with van der Waals surface area (Å²) in [5.74, 6) is 1.36. The van der Waals surface area contributed by atoms with Gasteiger partial charge in [-0.15, -0.1) is 11.3 Å². The second kappa shape index (κ2) is 5.19. The first-order chi connectivity index (χ1) is 8.09. The number of thiophene rings is 1. The molecule has 0 aliphatic carbocycles. The van der Waals surface area contributed by atoms with E-state index in [1.54, 1.807) is 11.3 Å². The lowest BCUT2D eigenvalue weighted by atomic mass is 9.95. The maximum Gasteiger partial charge on any atom is 0.244 e. The average molecular weight is 252 g/mol. The molecule has 1 aromatic rings. The number of hydrogen-bond donors (Lipinski definition) is 1. The molecule has 1 aliphatic rings. The van der Waals surface area contributed by atoms with Gasteiger partial charge in [0.05, 0.1) is 0 Å². The highest BCUT2D eigenvalue weighted by Crippen LogP contribution is 2.26. The van der Waals surface area contributed by atoms with Gasteiger partial charge >= 0.3 is 0 Å². The summed E-state index contributed by atoms with van der Waals surface area (Å²) in [4.78, 5) is 15.1. The molecule has 0 radical (unpaired) electrons. The first-order valence-corrected chi connectivity index (χ1v) is 7.05. The predicted octanol–water partition coefficient (Wildman–Crippen LogP) is 2.25. The van der Waals surface area contributed by atoms with Crippen molar-refractivity contribution in [3.05, 3.63) is 22.4 Å². The van der Waals surface area contributed by atoms with E-state index in [4.69, 9.17) is 5.73 Å². The molecule has 3 nitrogen and oxygen atoms in total. The first-order valence-electron chi connectivity index (χ1n) is 6.17. The Morgan fingerprint density at radius 2 is 2.35 bits per heavy atom. The molecule has 2 heterocycles. The van der Waals surface area contributed by atoms with Crippen LogP contribution < -0.4 is 5.73 Å². The highest BCUT2D eigenvalue weighted by molar-refractivity contribution is 7.10. The lowest BCUT2D eigenvalue weighted by Gasteiger charge is -2.21. The summed E-state index contributed by atoms with van der Waals surface area (Å²) in [6.07, 6.45) is 1.11. The predicted molar refractivity (Wildman–Crippen MR) is 70.8 cm³/mol. The van der Waals surface area contributed by atoms with Crippen molar-refractivity contribution in [1.82, 2.24) is 4.90 Å². The van der Waals surface area contributed by atoms with Crippen LogP contribution in [0.2, 0.25) is 0 Å². The van der Waals surface area contributed by atoms with E-state index in [0.717, 1.165) is 24.4 Å². The molecule has 17 heavy (non-hydrogen) atoms. The number of rotatable bonds is 3. The summed E-state index contributed by atoms with van der Waals surface area (Å²) in [6.45, 7) is 6.17. The highest BCUT2D eigenvalue weighted by atomic mass is 32.1. The van der Waals surface area contributed by atoms with Gasteiger partial charge in [0, 0.05) is 18.0 Å². The van der Waals surface area contributed by atoms with Crippen molar-refractivity contribution >= 4 is 17.2 Å². The van der Waals surface area contributed by atoms with Crippen molar-refractivity contribution in [2.24, 2.45) is 17.6 Å². The lowest BCUT2D eigenvalue weighted by molar-refractivity contribution is -0.131. The van der Waals surface area contributed by atoms with Crippen LogP contribution in [-0.2, 0) is 4.79 Å². The van der Waals surface area contributed by atoms with Crippen LogP contribution in [0, 0.1) is 11.8 Å². The number of nitrogens with zero attached hydrogens (tertiary/aromatic N) is 1. The van der Waals surface area contributed by atoms with Gasteiger partial charge in [-0.1, -0.05) is 19.9 Å². The Bertz CT molecular complexity index is 375. The number of carbonyl (C=O) groups is 1. The molecular formula is C13H20N2OS. The molecule has 0 aromatic carbocycles. The van der Waals surface area contributed by atoms with E-state index in [0.29, 0.717) is 11.8 Å². The Morgan fingerprint density at radius 1 is 1.59 bits per heavy atom. The standard InChI is InChI=1S/C13H20N2OS/c1-9(2)10-5-6-15(8-10)13(16)12(14)11-4-3-7-17-11/h3-4,7,9-10,12H,5-6,8,14H2,1-2H3. The topological polar surface area (TPSA) is 46.3 Å². The summed E-state index contributed by atoms with van der Waals surface area (Å²) in [5, 5.41) is 1.96. The quantitative estimate of drug-likeness (QED) is 0.897. The molecule has 1 fully saturated rings. The van der Waals surface area contributed by atoms with Crippen molar-refractivity contribution in [2.45, 2.75) is 26.3 Å². The Morgan fingerprint density at radius 3 is 2.88 bits per heavy atom. The van der Waals surface area contributed by atoms with E-state index in [1.165, 1.54) is 0 Å². The molecule has 0 spiro atoms. The summed E-state index contributed by atoms with van der Waals surface area (Å²) in [6, 6.07) is 3.40. The molecule has 4 heteroatoms. The van der Waals surface area contributed by atoms with Crippen LogP contribution in [-0.4, -0.2) is 23.9 Å². The third-order valence-electron chi connectivity index (χ3n) is 3.59. The zero-order valence-electron chi connectivity index (χ0n) is 10.4. The number of nitrogens with two attached hydrogens (primary N) is 1. The molecule has 2 atom stereocenters. The van der Waals surface area contributed by atoms with Gasteiger partial charge in [0.2, 0.25) is 5.91 Å². The average Bonchev–Trinajstić information content (AvgIpc) is 2.97. The van der Waals surface area contributed by atoms with Gasteiger partial charge in [0.1, 0.15) is 6.04 Å². The minimum Gasteiger partial charge on any atom is -0.341 e. The van der Waals surface area contributed by atoms with E-state index in [-0.39, 0.29) is 5.91 Å². The molecule has 94 valence electrons. The molecule has 2 N–H and O–H groups in total. The molecule has 2 rings (SSSR count). The second-order valence-corrected chi connectivity index (χ2v) is 6.05. The monoisotopic (exact) mass is 252 g/mol. The van der Waals surface area contributed by atoms with Crippen molar-refractivity contribution in [3.63, 3.8) is 0 Å². The molecule has 0 bridgehead atoms. The second-order valence-electron chi connectivity index (χ2n) is 5.07. The fourth-order valence-corrected chi connectivity index (χ4v) is 3.04. The van der Waals surface area contributed by atoms with Crippen LogP contribution in [0.5, 0.6) is 0 Å². The van der Waals surface area contributed by atoms with Gasteiger partial charge < -0.3 is 10.6 Å². The van der Waals surface area contributed by atoms with Crippen molar-refractivity contribution < 1.29 is 4.79 Å². The largest absolute Gasteiger partial charge is 0.341 e. The maximum atomic E-state index is 12.2. The minimum absolute atomic E-state index is 0.0793. The van der Waals surface area contributed by atoms with E-state index in [9.17, 15) is 4.79 Å². The fourth-order valence-electron chi connectivity index (χ4n) is 2.32. The van der Waals surface area contributed by atoms with Gasteiger partial charge in [-0.3, -0.25) is 4.79 Å². The number of likely N-dealkylation sites (tertiary alicyclic amines) is 1. The van der Waals surface area contributed by atoms with Crippen LogP contribution in [0.3, 0.4) is 0 Å². The Hall–Kier alpha value is -0.870. The van der Waals surface area contributed by atoms with Crippen LogP contribution in [0.4, 0.5) is 0 Å². The highest BCUT2D eigenvalue weighted by Gasteiger charge is 2.31. The smallest absolute Gasteiger partial charge is 0.244 e. The Balaban J connectivity index is 1.97. The SMILES string of the molecule is CC(C)C1CCN(C(=O)C(N)c2cccs2)C1. The summed E-state index contributed by atoms with van der Waals surface area (Å²) in [5.41, 5.74) is 6.00. The van der Waals surface area contributed by atoms with E-state index >= 15 is 0 Å². The number of carbonyl (C=O) groups excluding carboxylic acids is 1. The van der Waals surface area contributed by atoms with Gasteiger partial charge in [0.15, 0.2) is 0 Å². The molecular weight excluding hydrogens is 232 g/mol. The summed E-state index contributed by atoms with van der Waals surface area (Å²) < 4.78 is 0. The zero-order valence-corrected chi connectivity index (χ0v) is 11.2. The third kappa shape index (κ3) is 2.69. The maximum absolute atomic E-state index is 12.2. The first kappa shape index (κ1) is 12.6. The van der Waals surface area contributed by atoms with E-state index < -0.39 is 6.04 Å². The van der Waals surface area contributed by atoms with Gasteiger partial charge in [-0.05, 0) is 29.7 Å². The van der Waals surface area contributed by atoms with Crippen molar-refractivity contribution in [1.29, 1.82) is 0 Å². The molecule has 1 saturated heterocycles. The van der Waals surface area contributed by atoms with Gasteiger partial charge in [-0.25, -0.2) is 0 Å². The van der Waals surface area contributed by atoms with Crippen molar-refractivity contribution in [2.75, 3.05) is 13.1 Å². The van der Waals surface area contributed by atoms with Crippen LogP contribution >= 0.6 is 11.3 Å². The Kier molecular flexibility index (Phi) is 3.84. The van der Waals surface area contributed by atoms with Gasteiger partial charge in [0.25, 0.3) is 0 Å². The fraction of sp³-hybridized carbons (Fsp3) is 0.615. The third-order valence-corrected chi connectivity index (χ3v) is 4.55. The van der Waals surface area contributed by atoms with Crippen LogP contribution in [0.15, 0.2) is 17.5 Å².